The first kappa shape index (κ1) is 17.1. The largest absolute Gasteiger partial charge is 0.383 e. The first-order valence-electron chi connectivity index (χ1n) is 8.57. The van der Waals surface area contributed by atoms with Crippen molar-refractivity contribution in [3.63, 3.8) is 0 Å². The Kier molecular flexibility index (Phi) is 4.91. The molecule has 26 heavy (non-hydrogen) atoms. The van der Waals surface area contributed by atoms with Crippen LogP contribution in [0.1, 0.15) is 33.7 Å². The highest BCUT2D eigenvalue weighted by atomic mass is 16.5. The maximum absolute atomic E-state index is 12.9. The van der Waals surface area contributed by atoms with E-state index < -0.39 is 6.10 Å². The number of aromatic nitrogens is 6. The normalized spacial score (nSPS) is 20.2. The molecule has 1 atom stereocenters. The molecular formula is C15H21N7O4. The molecular weight excluding hydrogens is 342 g/mol. The molecule has 1 N–H and O–H groups in total. The lowest BCUT2D eigenvalue weighted by molar-refractivity contribution is -0.0272. The third-order valence-corrected chi connectivity index (χ3v) is 4.50. The Morgan fingerprint density at radius 1 is 1.42 bits per heavy atom. The number of rotatable bonds is 5. The van der Waals surface area contributed by atoms with E-state index in [0.29, 0.717) is 57.6 Å². The van der Waals surface area contributed by atoms with Crippen molar-refractivity contribution < 1.29 is 19.0 Å². The van der Waals surface area contributed by atoms with Gasteiger partial charge in [-0.05, 0) is 5.21 Å². The van der Waals surface area contributed by atoms with Gasteiger partial charge in [0.25, 0.3) is 5.91 Å². The average molecular weight is 363 g/mol. The van der Waals surface area contributed by atoms with E-state index in [-0.39, 0.29) is 5.91 Å². The number of nitrogens with zero attached hydrogens (tertiary/aromatic N) is 6. The zero-order chi connectivity index (χ0) is 17.9. The van der Waals surface area contributed by atoms with Crippen molar-refractivity contribution in [3.05, 3.63) is 22.8 Å². The maximum Gasteiger partial charge on any atom is 0.274 e. The van der Waals surface area contributed by atoms with Crippen molar-refractivity contribution in [3.8, 4) is 0 Å². The van der Waals surface area contributed by atoms with Gasteiger partial charge in [0, 0.05) is 31.3 Å². The minimum atomic E-state index is -0.407. The number of methoxy groups -OCH3 is 1. The molecule has 2 aromatic rings. The summed E-state index contributed by atoms with van der Waals surface area (Å²) in [5.41, 5.74) is 2.26. The summed E-state index contributed by atoms with van der Waals surface area (Å²) in [5.74, 6) is 0.332. The van der Waals surface area contributed by atoms with Gasteiger partial charge in [-0.2, -0.15) is 9.90 Å². The van der Waals surface area contributed by atoms with Crippen LogP contribution in [0.15, 0.2) is 0 Å². The number of hydrogen-bond donors (Lipinski definition) is 1. The van der Waals surface area contributed by atoms with E-state index in [9.17, 15) is 4.79 Å². The molecule has 2 aromatic heterocycles. The van der Waals surface area contributed by atoms with Crippen molar-refractivity contribution >= 4 is 5.91 Å². The molecule has 0 saturated carbocycles. The SMILES string of the molecule is COCCn1nnc(C2CN(C(=O)c3n[nH]c4c3COCC4)CCO2)n1. The fourth-order valence-corrected chi connectivity index (χ4v) is 3.08. The van der Waals surface area contributed by atoms with Crippen LogP contribution < -0.4 is 0 Å². The van der Waals surface area contributed by atoms with Gasteiger partial charge in [0.15, 0.2) is 5.69 Å². The van der Waals surface area contributed by atoms with Crippen LogP contribution in [-0.4, -0.2) is 81.2 Å². The number of H-pyrrole nitrogens is 1. The van der Waals surface area contributed by atoms with Crippen LogP contribution >= 0.6 is 0 Å². The van der Waals surface area contributed by atoms with Crippen LogP contribution in [0.5, 0.6) is 0 Å². The summed E-state index contributed by atoms with van der Waals surface area (Å²) in [6, 6.07) is 0. The van der Waals surface area contributed by atoms with Gasteiger partial charge in [-0.3, -0.25) is 9.89 Å². The Morgan fingerprint density at radius 2 is 2.35 bits per heavy atom. The summed E-state index contributed by atoms with van der Waals surface area (Å²) in [5, 5.41) is 19.5. The third-order valence-electron chi connectivity index (χ3n) is 4.50. The number of nitrogens with one attached hydrogen (secondary N) is 1. The summed E-state index contributed by atoms with van der Waals surface area (Å²) in [6.45, 7) is 3.33. The average Bonchev–Trinajstić information content (AvgIpc) is 3.33. The highest BCUT2D eigenvalue weighted by Crippen LogP contribution is 2.23. The van der Waals surface area contributed by atoms with E-state index in [2.05, 4.69) is 25.6 Å². The third kappa shape index (κ3) is 3.32. The summed E-state index contributed by atoms with van der Waals surface area (Å²) in [4.78, 5) is 16.1. The molecule has 1 unspecified atom stereocenters. The van der Waals surface area contributed by atoms with Crippen LogP contribution in [0.4, 0.5) is 0 Å². The van der Waals surface area contributed by atoms with E-state index in [4.69, 9.17) is 14.2 Å². The topological polar surface area (TPSA) is 120 Å². The number of carbonyl (C=O) groups is 1. The van der Waals surface area contributed by atoms with Gasteiger partial charge in [0.2, 0.25) is 5.82 Å². The minimum Gasteiger partial charge on any atom is -0.383 e. The van der Waals surface area contributed by atoms with Gasteiger partial charge < -0.3 is 19.1 Å². The fraction of sp³-hybridized carbons (Fsp3) is 0.667. The number of tetrazole rings is 1. The van der Waals surface area contributed by atoms with E-state index in [1.165, 1.54) is 4.80 Å². The summed E-state index contributed by atoms with van der Waals surface area (Å²) in [7, 11) is 1.62. The second-order valence-electron chi connectivity index (χ2n) is 6.18. The molecule has 0 spiro atoms. The molecule has 0 aromatic carbocycles. The zero-order valence-corrected chi connectivity index (χ0v) is 14.6. The van der Waals surface area contributed by atoms with E-state index in [1.807, 2.05) is 0 Å². The predicted molar refractivity (Wildman–Crippen MR) is 86.2 cm³/mol. The standard InChI is InChI=1S/C15H21N7O4/c1-24-6-4-22-19-14(18-20-22)12-8-21(3-7-26-12)15(23)13-10-9-25-5-2-11(10)16-17-13/h12H,2-9H2,1H3,(H,16,17). The first-order valence-corrected chi connectivity index (χ1v) is 8.57. The number of amides is 1. The quantitative estimate of drug-likeness (QED) is 0.742. The lowest BCUT2D eigenvalue weighted by Crippen LogP contribution is -2.43. The molecule has 140 valence electrons. The van der Waals surface area contributed by atoms with Crippen LogP contribution in [-0.2, 0) is 33.8 Å². The smallest absolute Gasteiger partial charge is 0.274 e. The van der Waals surface area contributed by atoms with Crippen LogP contribution in [0.3, 0.4) is 0 Å². The van der Waals surface area contributed by atoms with Gasteiger partial charge in [0.05, 0.1) is 39.5 Å². The highest BCUT2D eigenvalue weighted by Gasteiger charge is 2.32. The van der Waals surface area contributed by atoms with Crippen LogP contribution in [0, 0.1) is 0 Å². The summed E-state index contributed by atoms with van der Waals surface area (Å²) in [6.07, 6.45) is 0.338. The van der Waals surface area contributed by atoms with E-state index in [1.54, 1.807) is 12.0 Å². The van der Waals surface area contributed by atoms with Crippen molar-refractivity contribution in [2.45, 2.75) is 25.7 Å². The molecule has 1 fully saturated rings. The Balaban J connectivity index is 1.45. The lowest BCUT2D eigenvalue weighted by Gasteiger charge is -2.31. The molecule has 0 bridgehead atoms. The molecule has 0 aliphatic carbocycles. The Labute approximate surface area is 149 Å². The number of ether oxygens (including phenoxy) is 3. The Hall–Kier alpha value is -2.37. The molecule has 2 aliphatic heterocycles. The maximum atomic E-state index is 12.9. The second kappa shape index (κ2) is 7.48. The van der Waals surface area contributed by atoms with Gasteiger partial charge in [-0.15, -0.1) is 10.2 Å². The molecule has 11 nitrogen and oxygen atoms in total. The van der Waals surface area contributed by atoms with Crippen molar-refractivity contribution in [1.82, 2.24) is 35.3 Å². The van der Waals surface area contributed by atoms with Gasteiger partial charge in [-0.25, -0.2) is 0 Å². The number of carbonyl (C=O) groups excluding carboxylic acids is 1. The monoisotopic (exact) mass is 363 g/mol. The first-order chi connectivity index (χ1) is 12.8. The molecule has 4 rings (SSSR count). The highest BCUT2D eigenvalue weighted by molar-refractivity contribution is 5.94. The van der Waals surface area contributed by atoms with Crippen molar-refractivity contribution in [1.29, 1.82) is 0 Å². The number of aromatic amines is 1. The second-order valence-corrected chi connectivity index (χ2v) is 6.18. The van der Waals surface area contributed by atoms with Crippen molar-refractivity contribution in [2.75, 3.05) is 40.0 Å². The molecule has 1 saturated heterocycles. The fourth-order valence-electron chi connectivity index (χ4n) is 3.08. The minimum absolute atomic E-state index is 0.131. The van der Waals surface area contributed by atoms with E-state index >= 15 is 0 Å². The summed E-state index contributed by atoms with van der Waals surface area (Å²) < 4.78 is 16.2. The van der Waals surface area contributed by atoms with Crippen molar-refractivity contribution in [2.24, 2.45) is 0 Å². The Morgan fingerprint density at radius 3 is 3.23 bits per heavy atom. The molecule has 4 heterocycles. The molecule has 11 heteroatoms. The molecule has 1 amide bonds. The van der Waals surface area contributed by atoms with Crippen LogP contribution in [0.2, 0.25) is 0 Å². The number of hydrogen-bond acceptors (Lipinski definition) is 8. The Bertz CT molecular complexity index is 774. The van der Waals surface area contributed by atoms with E-state index in [0.717, 1.165) is 17.7 Å². The zero-order valence-electron chi connectivity index (χ0n) is 14.6. The molecule has 2 aliphatic rings. The molecule has 0 radical (unpaired) electrons. The van der Waals surface area contributed by atoms with Gasteiger partial charge >= 0.3 is 0 Å². The summed E-state index contributed by atoms with van der Waals surface area (Å²) >= 11 is 0. The lowest BCUT2D eigenvalue weighted by atomic mass is 10.1. The number of fused-ring (bicyclic) bond motifs is 1. The van der Waals surface area contributed by atoms with Gasteiger partial charge in [0.1, 0.15) is 6.10 Å². The number of morpholine rings is 1. The van der Waals surface area contributed by atoms with Gasteiger partial charge in [-0.1, -0.05) is 0 Å². The van der Waals surface area contributed by atoms with Crippen LogP contribution in [0.25, 0.3) is 0 Å². The predicted octanol–water partition coefficient (Wildman–Crippen LogP) is -0.671.